The number of benzene rings is 2. The maximum atomic E-state index is 12.6. The third kappa shape index (κ3) is 4.82. The number of rotatable bonds is 4. The summed E-state index contributed by atoms with van der Waals surface area (Å²) in [4.78, 5) is 15.9. The highest BCUT2D eigenvalue weighted by atomic mass is 79.9. The quantitative estimate of drug-likeness (QED) is 0.469. The molecule has 2 aromatic carbocycles. The molecule has 0 aliphatic rings. The second-order valence-corrected chi connectivity index (χ2v) is 6.83. The SMILES string of the molecule is O=C(Nc1ccc(Oc2ncc(C(F)(F)F)cc2Cl)cc1)c1ccccc1Br. The first-order valence-corrected chi connectivity index (χ1v) is 8.97. The van der Waals surface area contributed by atoms with E-state index >= 15 is 0 Å². The summed E-state index contributed by atoms with van der Waals surface area (Å²) in [5.41, 5.74) is 0.0260. The second-order valence-electron chi connectivity index (χ2n) is 5.57. The maximum Gasteiger partial charge on any atom is 0.417 e. The summed E-state index contributed by atoms with van der Waals surface area (Å²) in [5.74, 6) is -0.152. The van der Waals surface area contributed by atoms with E-state index in [0.29, 0.717) is 27.7 Å². The van der Waals surface area contributed by atoms with Crippen molar-refractivity contribution in [3.8, 4) is 11.6 Å². The van der Waals surface area contributed by atoms with Gasteiger partial charge in [0, 0.05) is 16.4 Å². The van der Waals surface area contributed by atoms with Gasteiger partial charge in [0.25, 0.3) is 5.91 Å². The van der Waals surface area contributed by atoms with E-state index in [2.05, 4.69) is 26.2 Å². The number of hydrogen-bond acceptors (Lipinski definition) is 3. The van der Waals surface area contributed by atoms with Gasteiger partial charge in [0.2, 0.25) is 5.88 Å². The van der Waals surface area contributed by atoms with Crippen molar-refractivity contribution in [1.29, 1.82) is 0 Å². The number of aromatic nitrogens is 1. The Hall–Kier alpha value is -2.58. The van der Waals surface area contributed by atoms with Gasteiger partial charge in [-0.2, -0.15) is 13.2 Å². The standard InChI is InChI=1S/C19H11BrClF3N2O2/c20-15-4-2-1-3-14(15)17(27)26-12-5-7-13(8-6-12)28-18-16(21)9-11(10-25-18)19(22,23)24/h1-10H,(H,26,27). The van der Waals surface area contributed by atoms with E-state index in [1.807, 2.05) is 0 Å². The molecule has 144 valence electrons. The van der Waals surface area contributed by atoms with Gasteiger partial charge < -0.3 is 10.1 Å². The number of halogens is 5. The Kier molecular flexibility index (Phi) is 5.90. The number of amides is 1. The number of nitrogens with zero attached hydrogens (tertiary/aromatic N) is 1. The molecule has 1 aromatic heterocycles. The van der Waals surface area contributed by atoms with Gasteiger partial charge in [0.1, 0.15) is 10.8 Å². The highest BCUT2D eigenvalue weighted by molar-refractivity contribution is 9.10. The van der Waals surface area contributed by atoms with Crippen molar-refractivity contribution < 1.29 is 22.7 Å². The molecule has 0 radical (unpaired) electrons. The number of nitrogens with one attached hydrogen (secondary N) is 1. The van der Waals surface area contributed by atoms with Crippen LogP contribution in [-0.2, 0) is 6.18 Å². The lowest BCUT2D eigenvalue weighted by atomic mass is 10.2. The Morgan fingerprint density at radius 3 is 2.39 bits per heavy atom. The van der Waals surface area contributed by atoms with Crippen LogP contribution in [0.25, 0.3) is 0 Å². The molecule has 0 bridgehead atoms. The van der Waals surface area contributed by atoms with Gasteiger partial charge in [0.05, 0.1) is 11.1 Å². The smallest absolute Gasteiger partial charge is 0.417 e. The summed E-state index contributed by atoms with van der Waals surface area (Å²) in [7, 11) is 0. The van der Waals surface area contributed by atoms with Crippen LogP contribution in [0.15, 0.2) is 65.3 Å². The number of anilines is 1. The molecular formula is C19H11BrClF3N2O2. The van der Waals surface area contributed by atoms with Crippen LogP contribution in [0.5, 0.6) is 11.6 Å². The molecule has 0 fully saturated rings. The minimum Gasteiger partial charge on any atom is -0.438 e. The Balaban J connectivity index is 1.70. The van der Waals surface area contributed by atoms with Gasteiger partial charge in [0.15, 0.2) is 0 Å². The fourth-order valence-electron chi connectivity index (χ4n) is 2.22. The van der Waals surface area contributed by atoms with Crippen molar-refractivity contribution in [2.75, 3.05) is 5.32 Å². The molecule has 1 heterocycles. The monoisotopic (exact) mass is 470 g/mol. The average molecular weight is 472 g/mol. The predicted molar refractivity (Wildman–Crippen MR) is 103 cm³/mol. The van der Waals surface area contributed by atoms with Gasteiger partial charge in [-0.25, -0.2) is 4.98 Å². The molecule has 1 N–H and O–H groups in total. The normalized spacial score (nSPS) is 11.2. The van der Waals surface area contributed by atoms with E-state index in [1.165, 1.54) is 12.1 Å². The third-order valence-corrected chi connectivity index (χ3v) is 4.54. The second kappa shape index (κ2) is 8.20. The molecule has 0 saturated heterocycles. The number of carbonyl (C=O) groups excluding carboxylic acids is 1. The summed E-state index contributed by atoms with van der Waals surface area (Å²) in [6, 6.07) is 14.0. The van der Waals surface area contributed by atoms with Crippen molar-refractivity contribution in [3.63, 3.8) is 0 Å². The zero-order valence-corrected chi connectivity index (χ0v) is 16.3. The van der Waals surface area contributed by atoms with Gasteiger partial charge in [-0.05, 0) is 58.4 Å². The van der Waals surface area contributed by atoms with E-state index in [4.69, 9.17) is 16.3 Å². The minimum absolute atomic E-state index is 0.153. The lowest BCUT2D eigenvalue weighted by molar-refractivity contribution is -0.137. The average Bonchev–Trinajstić information content (AvgIpc) is 2.64. The first-order chi connectivity index (χ1) is 13.2. The van der Waals surface area contributed by atoms with Crippen LogP contribution < -0.4 is 10.1 Å². The van der Waals surface area contributed by atoms with Crippen LogP contribution in [0.3, 0.4) is 0 Å². The Labute approximate surface area is 171 Å². The first-order valence-electron chi connectivity index (χ1n) is 7.80. The van der Waals surface area contributed by atoms with Crippen LogP contribution >= 0.6 is 27.5 Å². The van der Waals surface area contributed by atoms with E-state index in [1.54, 1.807) is 36.4 Å². The summed E-state index contributed by atoms with van der Waals surface area (Å²) in [6.45, 7) is 0. The van der Waals surface area contributed by atoms with Crippen LogP contribution in [0.2, 0.25) is 5.02 Å². The summed E-state index contributed by atoms with van der Waals surface area (Å²) in [6.07, 6.45) is -3.89. The van der Waals surface area contributed by atoms with Crippen LogP contribution in [0, 0.1) is 0 Å². The number of ether oxygens (including phenoxy) is 1. The summed E-state index contributed by atoms with van der Waals surface area (Å²) < 4.78 is 44.0. The van der Waals surface area contributed by atoms with Crippen molar-refractivity contribution in [2.24, 2.45) is 0 Å². The molecule has 0 aliphatic heterocycles. The van der Waals surface area contributed by atoms with Gasteiger partial charge in [-0.15, -0.1) is 0 Å². The topological polar surface area (TPSA) is 51.2 Å². The molecule has 3 rings (SSSR count). The summed E-state index contributed by atoms with van der Waals surface area (Å²) in [5, 5.41) is 2.47. The highest BCUT2D eigenvalue weighted by Gasteiger charge is 2.31. The van der Waals surface area contributed by atoms with E-state index in [9.17, 15) is 18.0 Å². The molecule has 9 heteroatoms. The van der Waals surface area contributed by atoms with Gasteiger partial charge in [-0.1, -0.05) is 23.7 Å². The zero-order chi connectivity index (χ0) is 20.3. The molecule has 0 saturated carbocycles. The first kappa shape index (κ1) is 20.2. The summed E-state index contributed by atoms with van der Waals surface area (Å²) >= 11 is 9.13. The fourth-order valence-corrected chi connectivity index (χ4v) is 2.89. The lowest BCUT2D eigenvalue weighted by Gasteiger charge is -2.11. The van der Waals surface area contributed by atoms with Crippen molar-refractivity contribution in [1.82, 2.24) is 4.98 Å². The van der Waals surface area contributed by atoms with E-state index in [0.717, 1.165) is 6.07 Å². The molecule has 0 unspecified atom stereocenters. The Morgan fingerprint density at radius 2 is 1.79 bits per heavy atom. The maximum absolute atomic E-state index is 12.6. The number of alkyl halides is 3. The molecule has 4 nitrogen and oxygen atoms in total. The molecule has 0 spiro atoms. The fraction of sp³-hybridized carbons (Fsp3) is 0.0526. The van der Waals surface area contributed by atoms with Crippen LogP contribution in [0.4, 0.5) is 18.9 Å². The van der Waals surface area contributed by atoms with Crippen LogP contribution in [-0.4, -0.2) is 10.9 Å². The predicted octanol–water partition coefficient (Wildman–Crippen LogP) is 6.56. The van der Waals surface area contributed by atoms with Gasteiger partial charge >= 0.3 is 6.18 Å². The van der Waals surface area contributed by atoms with Crippen molar-refractivity contribution in [2.45, 2.75) is 6.18 Å². The Morgan fingerprint density at radius 1 is 1.11 bits per heavy atom. The highest BCUT2D eigenvalue weighted by Crippen LogP contribution is 2.34. The largest absolute Gasteiger partial charge is 0.438 e. The number of carbonyl (C=O) groups is 1. The van der Waals surface area contributed by atoms with Crippen LogP contribution in [0.1, 0.15) is 15.9 Å². The van der Waals surface area contributed by atoms with Gasteiger partial charge in [-0.3, -0.25) is 4.79 Å². The molecule has 0 aliphatic carbocycles. The van der Waals surface area contributed by atoms with Crippen molar-refractivity contribution >= 4 is 39.1 Å². The Bertz CT molecular complexity index is 1010. The third-order valence-electron chi connectivity index (χ3n) is 3.58. The zero-order valence-electron chi connectivity index (χ0n) is 13.9. The molecule has 3 aromatic rings. The molecule has 1 amide bonds. The molecular weight excluding hydrogens is 461 g/mol. The molecule has 0 atom stereocenters. The molecule has 28 heavy (non-hydrogen) atoms. The number of hydrogen-bond donors (Lipinski definition) is 1. The number of pyridine rings is 1. The van der Waals surface area contributed by atoms with E-state index < -0.39 is 11.7 Å². The van der Waals surface area contributed by atoms with E-state index in [-0.39, 0.29) is 16.8 Å². The minimum atomic E-state index is -4.54. The lowest BCUT2D eigenvalue weighted by Crippen LogP contribution is -2.12. The van der Waals surface area contributed by atoms with Crippen molar-refractivity contribution in [3.05, 3.63) is 81.4 Å².